The smallest absolute Gasteiger partial charge is 0.240 e. The average Bonchev–Trinajstić information content (AvgIpc) is 2.62. The Morgan fingerprint density at radius 1 is 1.37 bits per heavy atom. The fourth-order valence-electron chi connectivity index (χ4n) is 2.98. The number of nitriles is 1. The molecule has 1 atom stereocenters. The summed E-state index contributed by atoms with van der Waals surface area (Å²) >= 11 is 0. The van der Waals surface area contributed by atoms with Gasteiger partial charge in [-0.1, -0.05) is 6.07 Å². The van der Waals surface area contributed by atoms with E-state index in [-0.39, 0.29) is 36.7 Å². The van der Waals surface area contributed by atoms with Gasteiger partial charge in [0, 0.05) is 12.7 Å². The lowest BCUT2D eigenvalue weighted by Crippen LogP contribution is -2.43. The van der Waals surface area contributed by atoms with Gasteiger partial charge in [-0.15, -0.1) is 0 Å². The van der Waals surface area contributed by atoms with Gasteiger partial charge in [-0.25, -0.2) is 8.78 Å². The van der Waals surface area contributed by atoms with Gasteiger partial charge in [0.2, 0.25) is 11.8 Å². The number of rotatable bonds is 4. The standard InChI is InChI=1S/C19H16F2N4O2/c1-11(19-16(21)4-12(7-22)8-23-19)24-17(26)10-25-9-14-5-15(20)3-2-13(14)6-18(25)27/h2-5,8,11H,6,9-10H2,1H3,(H,24,26)/t11-/m0/s1. The van der Waals surface area contributed by atoms with Crippen LogP contribution in [-0.4, -0.2) is 28.2 Å². The summed E-state index contributed by atoms with van der Waals surface area (Å²) in [4.78, 5) is 29.7. The molecule has 1 aliphatic rings. The fraction of sp³-hybridized carbons (Fsp3) is 0.263. The number of carbonyl (C=O) groups is 2. The molecule has 0 saturated heterocycles. The number of aromatic nitrogens is 1. The summed E-state index contributed by atoms with van der Waals surface area (Å²) in [6.45, 7) is 1.46. The Labute approximate surface area is 154 Å². The molecule has 2 heterocycles. The average molecular weight is 370 g/mol. The molecule has 1 aromatic carbocycles. The lowest BCUT2D eigenvalue weighted by Gasteiger charge is -2.28. The van der Waals surface area contributed by atoms with Crippen molar-refractivity contribution in [3.8, 4) is 6.07 Å². The summed E-state index contributed by atoms with van der Waals surface area (Å²) in [6.07, 6.45) is 1.32. The summed E-state index contributed by atoms with van der Waals surface area (Å²) in [5, 5.41) is 11.3. The zero-order chi connectivity index (χ0) is 19.6. The van der Waals surface area contributed by atoms with Crippen molar-refractivity contribution in [3.05, 3.63) is 64.5 Å². The molecule has 0 bridgehead atoms. The van der Waals surface area contributed by atoms with E-state index in [0.29, 0.717) is 5.56 Å². The Kier molecular flexibility index (Phi) is 5.12. The summed E-state index contributed by atoms with van der Waals surface area (Å²) < 4.78 is 27.4. The molecule has 6 nitrogen and oxygen atoms in total. The minimum atomic E-state index is -0.741. The molecule has 1 aliphatic heterocycles. The van der Waals surface area contributed by atoms with Gasteiger partial charge in [-0.05, 0) is 36.2 Å². The number of pyridine rings is 1. The molecule has 0 aliphatic carbocycles. The van der Waals surface area contributed by atoms with Crippen molar-refractivity contribution in [1.82, 2.24) is 15.2 Å². The van der Waals surface area contributed by atoms with Crippen LogP contribution in [0.5, 0.6) is 0 Å². The van der Waals surface area contributed by atoms with Crippen LogP contribution in [0, 0.1) is 23.0 Å². The molecule has 0 radical (unpaired) electrons. The molecule has 8 heteroatoms. The van der Waals surface area contributed by atoms with E-state index in [1.165, 1.54) is 23.2 Å². The largest absolute Gasteiger partial charge is 0.346 e. The summed E-state index contributed by atoms with van der Waals surface area (Å²) in [7, 11) is 0. The van der Waals surface area contributed by atoms with Crippen LogP contribution in [0.3, 0.4) is 0 Å². The third-order valence-electron chi connectivity index (χ3n) is 4.34. The van der Waals surface area contributed by atoms with Crippen LogP contribution in [0.25, 0.3) is 0 Å². The number of benzene rings is 1. The summed E-state index contributed by atoms with van der Waals surface area (Å²) in [6, 6.07) is 6.31. The van der Waals surface area contributed by atoms with E-state index in [1.54, 1.807) is 19.1 Å². The van der Waals surface area contributed by atoms with Gasteiger partial charge in [0.05, 0.1) is 30.3 Å². The highest BCUT2D eigenvalue weighted by Crippen LogP contribution is 2.21. The molecule has 3 rings (SSSR count). The first-order valence-electron chi connectivity index (χ1n) is 8.27. The summed E-state index contributed by atoms with van der Waals surface area (Å²) in [5.74, 6) is -1.82. The van der Waals surface area contributed by atoms with E-state index in [1.807, 2.05) is 0 Å². The quantitative estimate of drug-likeness (QED) is 0.892. The molecular formula is C19H16F2N4O2. The van der Waals surface area contributed by atoms with E-state index >= 15 is 0 Å². The maximum Gasteiger partial charge on any atom is 0.240 e. The molecule has 1 aromatic heterocycles. The predicted octanol–water partition coefficient (Wildman–Crippen LogP) is 1.99. The Balaban J connectivity index is 1.65. The first-order chi connectivity index (χ1) is 12.9. The Morgan fingerprint density at radius 3 is 2.85 bits per heavy atom. The van der Waals surface area contributed by atoms with Gasteiger partial charge in [0.15, 0.2) is 0 Å². The van der Waals surface area contributed by atoms with Crippen molar-refractivity contribution in [1.29, 1.82) is 5.26 Å². The van der Waals surface area contributed by atoms with E-state index in [2.05, 4.69) is 10.3 Å². The molecule has 2 aromatic rings. The number of hydrogen-bond donors (Lipinski definition) is 1. The molecular weight excluding hydrogens is 354 g/mol. The molecule has 138 valence electrons. The number of hydrogen-bond acceptors (Lipinski definition) is 4. The molecule has 0 saturated carbocycles. The SMILES string of the molecule is C[C@H](NC(=O)CN1Cc2cc(F)ccc2CC1=O)c1ncc(C#N)cc1F. The zero-order valence-electron chi connectivity index (χ0n) is 14.5. The van der Waals surface area contributed by atoms with Gasteiger partial charge in [-0.3, -0.25) is 14.6 Å². The van der Waals surface area contributed by atoms with E-state index in [4.69, 9.17) is 5.26 Å². The van der Waals surface area contributed by atoms with Gasteiger partial charge in [0.25, 0.3) is 0 Å². The van der Waals surface area contributed by atoms with E-state index in [9.17, 15) is 18.4 Å². The van der Waals surface area contributed by atoms with Gasteiger partial charge in [-0.2, -0.15) is 5.26 Å². The van der Waals surface area contributed by atoms with Gasteiger partial charge < -0.3 is 10.2 Å². The summed E-state index contributed by atoms with van der Waals surface area (Å²) in [5.41, 5.74) is 1.49. The zero-order valence-corrected chi connectivity index (χ0v) is 14.5. The van der Waals surface area contributed by atoms with Crippen LogP contribution >= 0.6 is 0 Å². The molecule has 27 heavy (non-hydrogen) atoms. The molecule has 0 spiro atoms. The third-order valence-corrected chi connectivity index (χ3v) is 4.34. The Morgan fingerprint density at radius 2 is 2.15 bits per heavy atom. The third kappa shape index (κ3) is 4.08. The number of nitrogens with zero attached hydrogens (tertiary/aromatic N) is 3. The van der Waals surface area contributed by atoms with Gasteiger partial charge in [0.1, 0.15) is 17.7 Å². The van der Waals surface area contributed by atoms with E-state index in [0.717, 1.165) is 11.6 Å². The van der Waals surface area contributed by atoms with Crippen LogP contribution in [0.15, 0.2) is 30.5 Å². The Hall–Kier alpha value is -3.34. The minimum Gasteiger partial charge on any atom is -0.346 e. The number of fused-ring (bicyclic) bond motifs is 1. The number of amides is 2. The minimum absolute atomic E-state index is 0.000243. The van der Waals surface area contributed by atoms with Crippen molar-refractivity contribution in [2.24, 2.45) is 0 Å². The van der Waals surface area contributed by atoms with Crippen molar-refractivity contribution in [2.45, 2.75) is 25.9 Å². The fourth-order valence-corrected chi connectivity index (χ4v) is 2.98. The first kappa shape index (κ1) is 18.5. The normalized spacial score (nSPS) is 14.3. The number of halogens is 2. The van der Waals surface area contributed by atoms with Crippen molar-refractivity contribution in [3.63, 3.8) is 0 Å². The lowest BCUT2D eigenvalue weighted by molar-refractivity contribution is -0.137. The monoisotopic (exact) mass is 370 g/mol. The molecule has 2 amide bonds. The van der Waals surface area contributed by atoms with Crippen LogP contribution in [0.4, 0.5) is 8.78 Å². The second-order valence-electron chi connectivity index (χ2n) is 6.33. The first-order valence-corrected chi connectivity index (χ1v) is 8.27. The van der Waals surface area contributed by atoms with Crippen molar-refractivity contribution >= 4 is 11.8 Å². The molecule has 1 N–H and O–H groups in total. The highest BCUT2D eigenvalue weighted by Gasteiger charge is 2.26. The van der Waals surface area contributed by atoms with Crippen LogP contribution in [0.1, 0.15) is 35.3 Å². The van der Waals surface area contributed by atoms with Crippen molar-refractivity contribution < 1.29 is 18.4 Å². The highest BCUT2D eigenvalue weighted by molar-refractivity contribution is 5.87. The van der Waals surface area contributed by atoms with Crippen molar-refractivity contribution in [2.75, 3.05) is 6.54 Å². The van der Waals surface area contributed by atoms with Crippen LogP contribution in [-0.2, 0) is 22.6 Å². The van der Waals surface area contributed by atoms with Gasteiger partial charge >= 0.3 is 0 Å². The second-order valence-corrected chi connectivity index (χ2v) is 6.33. The van der Waals surface area contributed by atoms with Crippen LogP contribution < -0.4 is 5.32 Å². The topological polar surface area (TPSA) is 86.1 Å². The molecule has 0 unspecified atom stereocenters. The highest BCUT2D eigenvalue weighted by atomic mass is 19.1. The number of nitrogens with one attached hydrogen (secondary N) is 1. The van der Waals surface area contributed by atoms with E-state index < -0.39 is 23.6 Å². The molecule has 0 fully saturated rings. The second kappa shape index (κ2) is 7.50. The number of carbonyl (C=O) groups excluding carboxylic acids is 2. The van der Waals surface area contributed by atoms with Crippen LogP contribution in [0.2, 0.25) is 0 Å². The maximum atomic E-state index is 14.0. The Bertz CT molecular complexity index is 955. The lowest BCUT2D eigenvalue weighted by atomic mass is 9.99. The maximum absolute atomic E-state index is 14.0. The predicted molar refractivity (Wildman–Crippen MR) is 91.0 cm³/mol.